The zero-order valence-corrected chi connectivity index (χ0v) is 15.0. The summed E-state index contributed by atoms with van der Waals surface area (Å²) < 4.78 is 4.64. The highest BCUT2D eigenvalue weighted by molar-refractivity contribution is 7.99. The van der Waals surface area contributed by atoms with Crippen molar-refractivity contribution in [3.63, 3.8) is 0 Å². The summed E-state index contributed by atoms with van der Waals surface area (Å²) in [5, 5.41) is 3.75. The van der Waals surface area contributed by atoms with E-state index >= 15 is 0 Å². The zero-order chi connectivity index (χ0) is 18.1. The summed E-state index contributed by atoms with van der Waals surface area (Å²) in [6.07, 6.45) is 1.54. The second kappa shape index (κ2) is 9.64. The van der Waals surface area contributed by atoms with Gasteiger partial charge in [-0.05, 0) is 30.2 Å². The fourth-order valence-corrected chi connectivity index (χ4v) is 2.79. The first-order valence-electron chi connectivity index (χ1n) is 7.77. The van der Waals surface area contributed by atoms with Gasteiger partial charge in [0.25, 0.3) is 5.91 Å². The van der Waals surface area contributed by atoms with Gasteiger partial charge in [-0.2, -0.15) is 5.10 Å². The van der Waals surface area contributed by atoms with E-state index in [-0.39, 0.29) is 17.1 Å². The van der Waals surface area contributed by atoms with E-state index in [1.807, 2.05) is 37.3 Å². The second-order valence-corrected chi connectivity index (χ2v) is 6.62. The van der Waals surface area contributed by atoms with Crippen molar-refractivity contribution in [3.05, 3.63) is 71.3 Å². The SMILES string of the molecule is COC(=O)c1ccc(/C=N/NC(=O)C(C)SCc2ccccc2)cc1. The van der Waals surface area contributed by atoms with Gasteiger partial charge in [0, 0.05) is 5.75 Å². The van der Waals surface area contributed by atoms with Crippen molar-refractivity contribution in [2.45, 2.75) is 17.9 Å². The molecule has 5 nitrogen and oxygen atoms in total. The third-order valence-corrected chi connectivity index (χ3v) is 4.65. The first kappa shape index (κ1) is 18.7. The van der Waals surface area contributed by atoms with Crippen LogP contribution in [-0.2, 0) is 15.3 Å². The first-order valence-corrected chi connectivity index (χ1v) is 8.82. The van der Waals surface area contributed by atoms with E-state index in [2.05, 4.69) is 15.3 Å². The molecule has 0 aromatic heterocycles. The van der Waals surface area contributed by atoms with E-state index in [1.165, 1.54) is 18.9 Å². The molecule has 0 saturated heterocycles. The molecule has 0 bridgehead atoms. The van der Waals surface area contributed by atoms with Crippen LogP contribution in [0.15, 0.2) is 59.7 Å². The topological polar surface area (TPSA) is 67.8 Å². The summed E-state index contributed by atoms with van der Waals surface area (Å²) in [6.45, 7) is 1.85. The fourth-order valence-electron chi connectivity index (χ4n) is 1.96. The largest absolute Gasteiger partial charge is 0.465 e. The molecule has 0 fully saturated rings. The number of carbonyl (C=O) groups excluding carboxylic acids is 2. The molecule has 2 rings (SSSR count). The second-order valence-electron chi connectivity index (χ2n) is 5.29. The van der Waals surface area contributed by atoms with Crippen LogP contribution in [0.2, 0.25) is 0 Å². The number of hydrogen-bond donors (Lipinski definition) is 1. The molecule has 25 heavy (non-hydrogen) atoms. The van der Waals surface area contributed by atoms with Gasteiger partial charge in [-0.15, -0.1) is 11.8 Å². The van der Waals surface area contributed by atoms with E-state index < -0.39 is 0 Å². The molecule has 0 saturated carbocycles. The Morgan fingerprint density at radius 1 is 1.16 bits per heavy atom. The third kappa shape index (κ3) is 6.08. The van der Waals surface area contributed by atoms with Crippen LogP contribution in [0.1, 0.15) is 28.4 Å². The maximum absolute atomic E-state index is 12.0. The van der Waals surface area contributed by atoms with E-state index in [1.54, 1.807) is 36.0 Å². The highest BCUT2D eigenvalue weighted by atomic mass is 32.2. The summed E-state index contributed by atoms with van der Waals surface area (Å²) >= 11 is 1.55. The van der Waals surface area contributed by atoms with Crippen molar-refractivity contribution in [2.24, 2.45) is 5.10 Å². The Morgan fingerprint density at radius 3 is 2.48 bits per heavy atom. The van der Waals surface area contributed by atoms with Crippen molar-refractivity contribution in [1.29, 1.82) is 0 Å². The van der Waals surface area contributed by atoms with E-state index in [4.69, 9.17) is 0 Å². The summed E-state index contributed by atoms with van der Waals surface area (Å²) in [5.74, 6) is 0.234. The molecule has 130 valence electrons. The molecule has 2 aromatic carbocycles. The number of hydrogen-bond acceptors (Lipinski definition) is 5. The fraction of sp³-hybridized carbons (Fsp3) is 0.211. The molecule has 0 radical (unpaired) electrons. The lowest BCUT2D eigenvalue weighted by atomic mass is 10.1. The lowest BCUT2D eigenvalue weighted by Crippen LogP contribution is -2.27. The quantitative estimate of drug-likeness (QED) is 0.470. The normalized spacial score (nSPS) is 11.9. The summed E-state index contributed by atoms with van der Waals surface area (Å²) in [7, 11) is 1.34. The minimum absolute atomic E-state index is 0.150. The number of carbonyl (C=O) groups is 2. The molecule has 1 N–H and O–H groups in total. The average Bonchev–Trinajstić information content (AvgIpc) is 2.66. The van der Waals surface area contributed by atoms with Crippen LogP contribution in [0.25, 0.3) is 0 Å². The average molecular weight is 356 g/mol. The number of ether oxygens (including phenoxy) is 1. The Labute approximate surface area is 151 Å². The Bertz CT molecular complexity index is 730. The lowest BCUT2D eigenvalue weighted by Gasteiger charge is -2.09. The van der Waals surface area contributed by atoms with Crippen LogP contribution in [-0.4, -0.2) is 30.5 Å². The molecule has 6 heteroatoms. The summed E-state index contributed by atoms with van der Waals surface area (Å²) in [5.41, 5.74) is 4.96. The monoisotopic (exact) mass is 356 g/mol. The number of benzene rings is 2. The Balaban J connectivity index is 1.80. The van der Waals surface area contributed by atoms with Crippen LogP contribution in [0.5, 0.6) is 0 Å². The van der Waals surface area contributed by atoms with Crippen LogP contribution in [0.3, 0.4) is 0 Å². The number of nitrogens with zero attached hydrogens (tertiary/aromatic N) is 1. The minimum Gasteiger partial charge on any atom is -0.465 e. The van der Waals surface area contributed by atoms with Crippen molar-refractivity contribution in [2.75, 3.05) is 7.11 Å². The molecular formula is C19H20N2O3S. The smallest absolute Gasteiger partial charge is 0.337 e. The van der Waals surface area contributed by atoms with E-state index in [0.29, 0.717) is 5.56 Å². The van der Waals surface area contributed by atoms with Gasteiger partial charge in [-0.1, -0.05) is 42.5 Å². The lowest BCUT2D eigenvalue weighted by molar-refractivity contribution is -0.120. The highest BCUT2D eigenvalue weighted by Crippen LogP contribution is 2.17. The van der Waals surface area contributed by atoms with Crippen LogP contribution >= 0.6 is 11.8 Å². The van der Waals surface area contributed by atoms with Crippen LogP contribution < -0.4 is 5.43 Å². The van der Waals surface area contributed by atoms with Crippen LogP contribution in [0, 0.1) is 0 Å². The Hall–Kier alpha value is -2.60. The molecule has 0 heterocycles. The van der Waals surface area contributed by atoms with Gasteiger partial charge in [0.05, 0.1) is 24.1 Å². The molecular weight excluding hydrogens is 336 g/mol. The zero-order valence-electron chi connectivity index (χ0n) is 14.1. The molecule has 2 aromatic rings. The van der Waals surface area contributed by atoms with Gasteiger partial charge < -0.3 is 4.74 Å². The molecule has 1 atom stereocenters. The predicted molar refractivity (Wildman–Crippen MR) is 101 cm³/mol. The number of methoxy groups -OCH3 is 1. The van der Waals surface area contributed by atoms with Gasteiger partial charge in [-0.25, -0.2) is 10.2 Å². The van der Waals surface area contributed by atoms with E-state index in [9.17, 15) is 9.59 Å². The maximum Gasteiger partial charge on any atom is 0.337 e. The molecule has 0 aliphatic rings. The van der Waals surface area contributed by atoms with Crippen molar-refractivity contribution in [1.82, 2.24) is 5.43 Å². The minimum atomic E-state index is -0.388. The standard InChI is InChI=1S/C19H20N2O3S/c1-14(25-13-16-6-4-3-5-7-16)18(22)21-20-12-15-8-10-17(11-9-15)19(23)24-2/h3-12,14H,13H2,1-2H3,(H,21,22)/b20-12+. The van der Waals surface area contributed by atoms with Crippen molar-refractivity contribution in [3.8, 4) is 0 Å². The highest BCUT2D eigenvalue weighted by Gasteiger charge is 2.12. The van der Waals surface area contributed by atoms with Crippen LogP contribution in [0.4, 0.5) is 0 Å². The number of rotatable bonds is 7. The van der Waals surface area contributed by atoms with Gasteiger partial charge in [-0.3, -0.25) is 4.79 Å². The number of amides is 1. The van der Waals surface area contributed by atoms with Crippen molar-refractivity contribution < 1.29 is 14.3 Å². The molecule has 0 spiro atoms. The summed E-state index contributed by atoms with van der Waals surface area (Å²) in [6, 6.07) is 16.8. The molecule has 1 unspecified atom stereocenters. The first-order chi connectivity index (χ1) is 12.1. The Kier molecular flexibility index (Phi) is 7.22. The summed E-state index contributed by atoms with van der Waals surface area (Å²) in [4.78, 5) is 23.4. The number of esters is 1. The van der Waals surface area contributed by atoms with Gasteiger partial charge in [0.1, 0.15) is 0 Å². The Morgan fingerprint density at radius 2 is 1.84 bits per heavy atom. The third-order valence-electron chi connectivity index (χ3n) is 3.43. The van der Waals surface area contributed by atoms with Gasteiger partial charge in [0.2, 0.25) is 0 Å². The molecule has 0 aliphatic carbocycles. The maximum atomic E-state index is 12.0. The van der Waals surface area contributed by atoms with Crippen molar-refractivity contribution >= 4 is 29.9 Å². The number of thioether (sulfide) groups is 1. The molecule has 1 amide bonds. The van der Waals surface area contributed by atoms with E-state index in [0.717, 1.165) is 11.3 Å². The van der Waals surface area contributed by atoms with Gasteiger partial charge >= 0.3 is 5.97 Å². The molecule has 0 aliphatic heterocycles. The number of nitrogens with one attached hydrogen (secondary N) is 1. The predicted octanol–water partition coefficient (Wildman–Crippen LogP) is 3.25. The van der Waals surface area contributed by atoms with Gasteiger partial charge in [0.15, 0.2) is 0 Å². The number of hydrazone groups is 1.